The van der Waals surface area contributed by atoms with Crippen molar-refractivity contribution >= 4 is 15.7 Å². The molecular weight excluding hydrogens is 388 g/mol. The van der Waals surface area contributed by atoms with Crippen LogP contribution in [0, 0.1) is 0 Å². The normalized spacial score (nSPS) is 24.8. The van der Waals surface area contributed by atoms with Crippen molar-refractivity contribution in [2.45, 2.75) is 42.2 Å². The van der Waals surface area contributed by atoms with Gasteiger partial charge >= 0.3 is 0 Å². The van der Waals surface area contributed by atoms with Crippen LogP contribution in [0.2, 0.25) is 0 Å². The summed E-state index contributed by atoms with van der Waals surface area (Å²) in [5.41, 5.74) is 0.905. The van der Waals surface area contributed by atoms with Crippen molar-refractivity contribution in [3.05, 3.63) is 65.7 Å². The molecule has 0 spiro atoms. The topological polar surface area (TPSA) is 75.7 Å². The lowest BCUT2D eigenvalue weighted by Gasteiger charge is -2.33. The van der Waals surface area contributed by atoms with Crippen LogP contribution in [-0.4, -0.2) is 57.1 Å². The van der Waals surface area contributed by atoms with Crippen LogP contribution in [0.25, 0.3) is 0 Å². The maximum Gasteiger partial charge on any atom is 0.252 e. The molecule has 154 valence electrons. The van der Waals surface area contributed by atoms with Crippen LogP contribution in [0.5, 0.6) is 0 Å². The van der Waals surface area contributed by atoms with Crippen LogP contribution in [0.3, 0.4) is 0 Å². The molecule has 2 fully saturated rings. The third kappa shape index (κ3) is 4.52. The molecule has 2 aliphatic rings. The van der Waals surface area contributed by atoms with Gasteiger partial charge in [0, 0.05) is 25.2 Å². The van der Waals surface area contributed by atoms with E-state index < -0.39 is 9.84 Å². The second-order valence-electron chi connectivity index (χ2n) is 7.90. The van der Waals surface area contributed by atoms with Crippen LogP contribution in [0.15, 0.2) is 59.5 Å². The zero-order chi connectivity index (χ0) is 20.4. The Bertz CT molecular complexity index is 977. The summed E-state index contributed by atoms with van der Waals surface area (Å²) in [6, 6.07) is 15.8. The molecule has 0 unspecified atom stereocenters. The molecule has 2 aromatic carbocycles. The van der Waals surface area contributed by atoms with Crippen LogP contribution in [0.4, 0.5) is 0 Å². The van der Waals surface area contributed by atoms with Gasteiger partial charge in [-0.1, -0.05) is 42.5 Å². The summed E-state index contributed by atoms with van der Waals surface area (Å²) in [5.74, 6) is -0.469. The lowest BCUT2D eigenvalue weighted by molar-refractivity contribution is -0.0390. The van der Waals surface area contributed by atoms with Crippen LogP contribution in [0.1, 0.15) is 29.3 Å². The van der Waals surface area contributed by atoms with Crippen molar-refractivity contribution in [3.8, 4) is 0 Å². The molecule has 1 amide bonds. The molecule has 2 saturated heterocycles. The van der Waals surface area contributed by atoms with Gasteiger partial charge in [0.25, 0.3) is 5.91 Å². The molecule has 0 radical (unpaired) electrons. The van der Waals surface area contributed by atoms with Crippen molar-refractivity contribution in [3.63, 3.8) is 0 Å². The fourth-order valence-electron chi connectivity index (χ4n) is 4.20. The number of nitrogens with one attached hydrogen (secondary N) is 1. The van der Waals surface area contributed by atoms with Gasteiger partial charge < -0.3 is 10.1 Å². The molecule has 0 aromatic heterocycles. The molecular formula is C22H26N2O4S. The quantitative estimate of drug-likeness (QED) is 0.812. The van der Waals surface area contributed by atoms with Crippen LogP contribution in [-0.2, 0) is 20.3 Å². The minimum Gasteiger partial charge on any atom is -0.376 e. The number of morpholine rings is 1. The van der Waals surface area contributed by atoms with Crippen LogP contribution >= 0.6 is 0 Å². The van der Waals surface area contributed by atoms with Gasteiger partial charge in [-0.05, 0) is 31.0 Å². The Hall–Kier alpha value is -2.22. The number of carbonyl (C=O) groups is 1. The average molecular weight is 415 g/mol. The highest BCUT2D eigenvalue weighted by atomic mass is 32.2. The van der Waals surface area contributed by atoms with Gasteiger partial charge in [0.05, 0.1) is 28.9 Å². The average Bonchev–Trinajstić information content (AvgIpc) is 3.09. The van der Waals surface area contributed by atoms with Gasteiger partial charge in [-0.3, -0.25) is 9.69 Å². The van der Waals surface area contributed by atoms with Gasteiger partial charge in [-0.15, -0.1) is 0 Å². The van der Waals surface area contributed by atoms with Crippen molar-refractivity contribution < 1.29 is 17.9 Å². The van der Waals surface area contributed by atoms with E-state index in [1.165, 1.54) is 6.07 Å². The summed E-state index contributed by atoms with van der Waals surface area (Å²) in [7, 11) is -3.64. The molecule has 7 heteroatoms. The largest absolute Gasteiger partial charge is 0.376 e. The molecule has 2 heterocycles. The SMILES string of the molecule is C[C@H]1CN2C[C@H](NC(=O)c3ccccc3S(=O)(=O)Cc3ccccc3)C[C@H]2CO1. The number of fused-ring (bicyclic) bond motifs is 1. The molecule has 0 aliphatic carbocycles. The number of hydrogen-bond acceptors (Lipinski definition) is 5. The fraction of sp³-hybridized carbons (Fsp3) is 0.409. The molecule has 4 rings (SSSR count). The smallest absolute Gasteiger partial charge is 0.252 e. The van der Waals surface area contributed by atoms with E-state index in [2.05, 4.69) is 17.1 Å². The molecule has 6 nitrogen and oxygen atoms in total. The Morgan fingerprint density at radius 3 is 2.62 bits per heavy atom. The van der Waals surface area contributed by atoms with Gasteiger partial charge in [-0.25, -0.2) is 8.42 Å². The van der Waals surface area contributed by atoms with Crippen molar-refractivity contribution in [2.24, 2.45) is 0 Å². The second-order valence-corrected chi connectivity index (χ2v) is 9.86. The number of hydrogen-bond donors (Lipinski definition) is 1. The maximum absolute atomic E-state index is 13.0. The summed E-state index contributed by atoms with van der Waals surface area (Å²) in [6.07, 6.45) is 1.02. The zero-order valence-corrected chi connectivity index (χ0v) is 17.3. The van der Waals surface area contributed by atoms with E-state index in [0.717, 1.165) is 19.5 Å². The third-order valence-electron chi connectivity index (χ3n) is 5.59. The van der Waals surface area contributed by atoms with Crippen molar-refractivity contribution in [1.29, 1.82) is 0 Å². The van der Waals surface area contributed by atoms with Crippen LogP contribution < -0.4 is 5.32 Å². The zero-order valence-electron chi connectivity index (χ0n) is 16.5. The second kappa shape index (κ2) is 8.26. The summed E-state index contributed by atoms with van der Waals surface area (Å²) in [6.45, 7) is 4.35. The van der Waals surface area contributed by atoms with Gasteiger partial charge in [0.2, 0.25) is 0 Å². The van der Waals surface area contributed by atoms with E-state index in [4.69, 9.17) is 4.74 Å². The first kappa shape index (κ1) is 20.1. The molecule has 0 bridgehead atoms. The Morgan fingerprint density at radius 2 is 1.83 bits per heavy atom. The number of ether oxygens (including phenoxy) is 1. The number of rotatable bonds is 5. The number of amides is 1. The molecule has 1 N–H and O–H groups in total. The van der Waals surface area contributed by atoms with E-state index in [-0.39, 0.29) is 34.3 Å². The number of benzene rings is 2. The van der Waals surface area contributed by atoms with E-state index >= 15 is 0 Å². The highest BCUT2D eigenvalue weighted by molar-refractivity contribution is 7.90. The third-order valence-corrected chi connectivity index (χ3v) is 7.33. The molecule has 2 aromatic rings. The fourth-order valence-corrected chi connectivity index (χ4v) is 5.77. The van der Waals surface area contributed by atoms with Gasteiger partial charge in [-0.2, -0.15) is 0 Å². The first-order valence-electron chi connectivity index (χ1n) is 9.94. The van der Waals surface area contributed by atoms with E-state index in [0.29, 0.717) is 18.2 Å². The monoisotopic (exact) mass is 414 g/mol. The highest BCUT2D eigenvalue weighted by Crippen LogP contribution is 2.25. The Morgan fingerprint density at radius 1 is 1.10 bits per heavy atom. The van der Waals surface area contributed by atoms with E-state index in [1.54, 1.807) is 30.3 Å². The first-order chi connectivity index (χ1) is 13.9. The highest BCUT2D eigenvalue weighted by Gasteiger charge is 2.37. The van der Waals surface area contributed by atoms with Crippen molar-refractivity contribution in [2.75, 3.05) is 19.7 Å². The van der Waals surface area contributed by atoms with Gasteiger partial charge in [0.15, 0.2) is 9.84 Å². The summed E-state index contributed by atoms with van der Waals surface area (Å²) < 4.78 is 31.7. The molecule has 0 saturated carbocycles. The maximum atomic E-state index is 13.0. The standard InChI is InChI=1S/C22H26N2O4S/c1-16-12-24-13-18(11-19(24)14-28-16)23-22(25)20-9-5-6-10-21(20)29(26,27)15-17-7-3-2-4-8-17/h2-10,16,18-19H,11-15H2,1H3,(H,23,25)/t16-,18+,19-/m0/s1. The van der Waals surface area contributed by atoms with E-state index in [9.17, 15) is 13.2 Å². The minimum atomic E-state index is -3.64. The van der Waals surface area contributed by atoms with Crippen molar-refractivity contribution in [1.82, 2.24) is 10.2 Å². The number of carbonyl (C=O) groups excluding carboxylic acids is 1. The molecule has 3 atom stereocenters. The molecule has 2 aliphatic heterocycles. The Kier molecular flexibility index (Phi) is 5.72. The summed E-state index contributed by atoms with van der Waals surface area (Å²) in [4.78, 5) is 15.4. The predicted molar refractivity (Wildman–Crippen MR) is 110 cm³/mol. The predicted octanol–water partition coefficient (Wildman–Crippen LogP) is 2.25. The first-order valence-corrected chi connectivity index (χ1v) is 11.6. The summed E-state index contributed by atoms with van der Waals surface area (Å²) in [5, 5.41) is 3.04. The molecule has 29 heavy (non-hydrogen) atoms. The Balaban J connectivity index is 1.50. The number of sulfone groups is 1. The minimum absolute atomic E-state index is 0.00807. The summed E-state index contributed by atoms with van der Waals surface area (Å²) >= 11 is 0. The number of nitrogens with zero attached hydrogens (tertiary/aromatic N) is 1. The Labute approximate surface area is 171 Å². The lowest BCUT2D eigenvalue weighted by atomic mass is 10.1. The lowest BCUT2D eigenvalue weighted by Crippen LogP contribution is -2.45. The van der Waals surface area contributed by atoms with E-state index in [1.807, 2.05) is 18.2 Å². The van der Waals surface area contributed by atoms with Gasteiger partial charge in [0.1, 0.15) is 0 Å².